The van der Waals surface area contributed by atoms with Crippen molar-refractivity contribution < 1.29 is 22.7 Å². The van der Waals surface area contributed by atoms with Crippen molar-refractivity contribution >= 4 is 27.5 Å². The van der Waals surface area contributed by atoms with Crippen LogP contribution >= 0.6 is 0 Å². The molecule has 1 N–H and O–H groups in total. The zero-order chi connectivity index (χ0) is 27.2. The molecular weight excluding hydrogens is 490 g/mol. The van der Waals surface area contributed by atoms with Gasteiger partial charge < -0.3 is 10.1 Å². The molecule has 1 unspecified atom stereocenters. The molecule has 200 valence electrons. The molecule has 2 aromatic carbocycles. The van der Waals surface area contributed by atoms with Crippen molar-refractivity contribution in [3.8, 4) is 5.75 Å². The molecule has 2 aliphatic heterocycles. The van der Waals surface area contributed by atoms with Gasteiger partial charge in [-0.3, -0.25) is 14.5 Å². The van der Waals surface area contributed by atoms with Crippen LogP contribution in [0.2, 0.25) is 0 Å². The van der Waals surface area contributed by atoms with Gasteiger partial charge in [0.05, 0.1) is 12.0 Å². The fourth-order valence-corrected chi connectivity index (χ4v) is 7.01. The predicted molar refractivity (Wildman–Crippen MR) is 143 cm³/mol. The van der Waals surface area contributed by atoms with Crippen molar-refractivity contribution in [1.82, 2.24) is 9.62 Å². The minimum atomic E-state index is -3.69. The Balaban J connectivity index is 1.78. The highest BCUT2D eigenvalue weighted by atomic mass is 32.2. The number of amides is 2. The number of anilines is 1. The summed E-state index contributed by atoms with van der Waals surface area (Å²) in [7, 11) is -2.11. The third kappa shape index (κ3) is 4.86. The zero-order valence-corrected chi connectivity index (χ0v) is 23.3. The normalized spacial score (nSPS) is 19.5. The quantitative estimate of drug-likeness (QED) is 0.639. The van der Waals surface area contributed by atoms with Gasteiger partial charge in [-0.2, -0.15) is 4.31 Å². The molecular formula is C28H37N3O5S. The lowest BCUT2D eigenvalue weighted by molar-refractivity contribution is -0.129. The number of aryl methyl sites for hydroxylation is 1. The summed E-state index contributed by atoms with van der Waals surface area (Å²) >= 11 is 0. The number of fused-ring (bicyclic) bond motifs is 2. The summed E-state index contributed by atoms with van der Waals surface area (Å²) in [5.41, 5.74) is 1.29. The van der Waals surface area contributed by atoms with Gasteiger partial charge in [0.1, 0.15) is 11.8 Å². The number of carbonyl (C=O) groups excluding carboxylic acids is 2. The third-order valence-electron chi connectivity index (χ3n) is 7.37. The van der Waals surface area contributed by atoms with Gasteiger partial charge in [0.25, 0.3) is 0 Å². The second-order valence-corrected chi connectivity index (χ2v) is 13.0. The van der Waals surface area contributed by atoms with E-state index < -0.39 is 27.0 Å². The molecule has 2 aromatic rings. The van der Waals surface area contributed by atoms with Crippen LogP contribution in [0.5, 0.6) is 5.75 Å². The van der Waals surface area contributed by atoms with Gasteiger partial charge in [0, 0.05) is 36.2 Å². The minimum Gasteiger partial charge on any atom is -0.497 e. The van der Waals surface area contributed by atoms with E-state index in [1.165, 1.54) is 4.31 Å². The number of rotatable bonds is 5. The lowest BCUT2D eigenvalue weighted by atomic mass is 9.69. The van der Waals surface area contributed by atoms with Gasteiger partial charge in [-0.1, -0.05) is 24.6 Å². The Morgan fingerprint density at radius 1 is 1.08 bits per heavy atom. The Morgan fingerprint density at radius 3 is 2.24 bits per heavy atom. The monoisotopic (exact) mass is 527 g/mol. The number of benzene rings is 2. The van der Waals surface area contributed by atoms with E-state index in [0.29, 0.717) is 24.3 Å². The fourth-order valence-electron chi connectivity index (χ4n) is 5.57. The van der Waals surface area contributed by atoms with Crippen LogP contribution in [0.15, 0.2) is 47.4 Å². The SMILES string of the molecule is CCC(=O)N1c2ccc(OC)cc2C2(CCN(S(=O)(=O)c3ccc(C)cc3)CC2)C1C(=O)NC(C)(C)C. The molecule has 1 atom stereocenters. The van der Waals surface area contributed by atoms with E-state index in [4.69, 9.17) is 4.74 Å². The highest BCUT2D eigenvalue weighted by Crippen LogP contribution is 2.53. The molecule has 2 heterocycles. The molecule has 0 radical (unpaired) electrons. The first-order valence-electron chi connectivity index (χ1n) is 12.7. The van der Waals surface area contributed by atoms with Gasteiger partial charge in [-0.25, -0.2) is 8.42 Å². The van der Waals surface area contributed by atoms with Crippen LogP contribution in [0, 0.1) is 6.92 Å². The standard InChI is InChI=1S/C28H37N3O5S/c1-7-24(32)31-23-13-10-20(36-6)18-22(23)28(25(31)26(33)29-27(3,4)5)14-16-30(17-15-28)37(34,35)21-11-8-19(2)9-12-21/h8-13,18,25H,7,14-17H2,1-6H3,(H,29,33). The number of piperidine rings is 1. The van der Waals surface area contributed by atoms with Crippen LogP contribution in [0.25, 0.3) is 0 Å². The Kier molecular flexibility index (Phi) is 7.16. The summed E-state index contributed by atoms with van der Waals surface area (Å²) in [6.45, 7) is 9.90. The van der Waals surface area contributed by atoms with Crippen LogP contribution < -0.4 is 15.0 Å². The van der Waals surface area contributed by atoms with E-state index >= 15 is 0 Å². The Morgan fingerprint density at radius 2 is 1.70 bits per heavy atom. The van der Waals surface area contributed by atoms with Crippen molar-refractivity contribution in [2.24, 2.45) is 0 Å². The van der Waals surface area contributed by atoms with E-state index in [1.54, 1.807) is 49.3 Å². The Bertz CT molecular complexity index is 1290. The summed E-state index contributed by atoms with van der Waals surface area (Å²) in [6.07, 6.45) is 1.04. The maximum atomic E-state index is 13.9. The number of ether oxygens (including phenoxy) is 1. The molecule has 0 aliphatic carbocycles. The zero-order valence-electron chi connectivity index (χ0n) is 22.5. The summed E-state index contributed by atoms with van der Waals surface area (Å²) in [4.78, 5) is 29.0. The second-order valence-electron chi connectivity index (χ2n) is 11.0. The molecule has 9 heteroatoms. The first-order chi connectivity index (χ1) is 17.3. The molecule has 2 amide bonds. The van der Waals surface area contributed by atoms with Crippen LogP contribution in [0.3, 0.4) is 0 Å². The maximum Gasteiger partial charge on any atom is 0.244 e. The predicted octanol–water partition coefficient (Wildman–Crippen LogP) is 3.77. The average molecular weight is 528 g/mol. The number of nitrogens with one attached hydrogen (secondary N) is 1. The number of hydrogen-bond donors (Lipinski definition) is 1. The number of hydrogen-bond acceptors (Lipinski definition) is 5. The Labute approximate surface area is 220 Å². The van der Waals surface area contributed by atoms with Gasteiger partial charge in [-0.05, 0) is 76.4 Å². The minimum absolute atomic E-state index is 0.146. The summed E-state index contributed by atoms with van der Waals surface area (Å²) in [5.74, 6) is 0.250. The number of nitrogens with zero attached hydrogens (tertiary/aromatic N) is 2. The molecule has 1 spiro atoms. The smallest absolute Gasteiger partial charge is 0.244 e. The van der Waals surface area contributed by atoms with Crippen molar-refractivity contribution in [2.45, 2.75) is 75.8 Å². The highest BCUT2D eigenvalue weighted by Gasteiger charge is 2.57. The highest BCUT2D eigenvalue weighted by molar-refractivity contribution is 7.89. The van der Waals surface area contributed by atoms with Crippen LogP contribution in [-0.4, -0.2) is 56.3 Å². The summed E-state index contributed by atoms with van der Waals surface area (Å²) in [5, 5.41) is 3.08. The molecule has 0 saturated carbocycles. The average Bonchev–Trinajstić information content (AvgIpc) is 3.12. The molecule has 1 fully saturated rings. The topological polar surface area (TPSA) is 96.0 Å². The first-order valence-corrected chi connectivity index (χ1v) is 14.2. The Hall–Kier alpha value is -2.91. The molecule has 1 saturated heterocycles. The van der Waals surface area contributed by atoms with Gasteiger partial charge >= 0.3 is 0 Å². The van der Waals surface area contributed by atoms with Gasteiger partial charge in [0.15, 0.2) is 0 Å². The second kappa shape index (κ2) is 9.76. The van der Waals surface area contributed by atoms with E-state index in [0.717, 1.165) is 11.1 Å². The van der Waals surface area contributed by atoms with Crippen molar-refractivity contribution in [2.75, 3.05) is 25.1 Å². The molecule has 2 aliphatic rings. The summed E-state index contributed by atoms with van der Waals surface area (Å²) in [6, 6.07) is 11.6. The van der Waals surface area contributed by atoms with E-state index in [9.17, 15) is 18.0 Å². The van der Waals surface area contributed by atoms with Crippen LogP contribution in [-0.2, 0) is 25.0 Å². The van der Waals surface area contributed by atoms with Gasteiger partial charge in [-0.15, -0.1) is 0 Å². The van der Waals surface area contributed by atoms with E-state index in [-0.39, 0.29) is 36.2 Å². The van der Waals surface area contributed by atoms with Crippen LogP contribution in [0.4, 0.5) is 5.69 Å². The van der Waals surface area contributed by atoms with Crippen molar-refractivity contribution in [3.05, 3.63) is 53.6 Å². The molecule has 4 rings (SSSR count). The number of sulfonamides is 1. The van der Waals surface area contributed by atoms with Gasteiger partial charge in [0.2, 0.25) is 21.8 Å². The molecule has 37 heavy (non-hydrogen) atoms. The van der Waals surface area contributed by atoms with Crippen molar-refractivity contribution in [1.29, 1.82) is 0 Å². The lowest BCUT2D eigenvalue weighted by Gasteiger charge is -2.44. The third-order valence-corrected chi connectivity index (χ3v) is 9.29. The molecule has 0 bridgehead atoms. The maximum absolute atomic E-state index is 13.9. The number of carbonyl (C=O) groups is 2. The van der Waals surface area contributed by atoms with E-state index in [2.05, 4.69) is 5.32 Å². The van der Waals surface area contributed by atoms with E-state index in [1.807, 2.05) is 39.8 Å². The van der Waals surface area contributed by atoms with Crippen LogP contribution in [0.1, 0.15) is 58.1 Å². The molecule has 0 aromatic heterocycles. The molecule has 8 nitrogen and oxygen atoms in total. The lowest BCUT2D eigenvalue weighted by Crippen LogP contribution is -2.61. The summed E-state index contributed by atoms with van der Waals surface area (Å²) < 4.78 is 33.9. The first kappa shape index (κ1) is 27.1. The van der Waals surface area contributed by atoms with Crippen molar-refractivity contribution in [3.63, 3.8) is 0 Å². The number of methoxy groups -OCH3 is 1. The largest absolute Gasteiger partial charge is 0.497 e. The fraction of sp³-hybridized carbons (Fsp3) is 0.500.